The fourth-order valence-electron chi connectivity index (χ4n) is 6.72. The van der Waals surface area contributed by atoms with Crippen LogP contribution in [0.4, 0.5) is 0 Å². The monoisotopic (exact) mass is 620 g/mol. The number of carbonyl (C=O) groups is 2. The van der Waals surface area contributed by atoms with Crippen LogP contribution in [0.5, 0.6) is 0 Å². The van der Waals surface area contributed by atoms with E-state index >= 15 is 0 Å². The van der Waals surface area contributed by atoms with Gasteiger partial charge in [0.05, 0.1) is 23.8 Å². The van der Waals surface area contributed by atoms with Crippen LogP contribution >= 0.6 is 0 Å². The number of aromatic nitrogens is 4. The second-order valence-corrected chi connectivity index (χ2v) is 15.3. The smallest absolute Gasteiger partial charge is 0.225 e. The molecule has 4 atom stereocenters. The highest BCUT2D eigenvalue weighted by atomic mass is 16.2. The van der Waals surface area contributed by atoms with E-state index in [0.717, 1.165) is 83.8 Å². The highest BCUT2D eigenvalue weighted by molar-refractivity contribution is 5.82. The van der Waals surface area contributed by atoms with E-state index in [2.05, 4.69) is 69.1 Å². The summed E-state index contributed by atoms with van der Waals surface area (Å²) in [5, 5.41) is 6.53. The van der Waals surface area contributed by atoms with Gasteiger partial charge < -0.3 is 20.6 Å². The molecule has 2 aromatic heterocycles. The summed E-state index contributed by atoms with van der Waals surface area (Å²) in [5.74, 6) is 2.50. The van der Waals surface area contributed by atoms with E-state index in [1.54, 1.807) is 0 Å². The second-order valence-electron chi connectivity index (χ2n) is 15.3. The van der Waals surface area contributed by atoms with Gasteiger partial charge in [0.2, 0.25) is 11.8 Å². The number of nitrogens with one attached hydrogen (secondary N) is 4. The first-order chi connectivity index (χ1) is 21.9. The van der Waals surface area contributed by atoms with E-state index in [4.69, 9.17) is 9.97 Å². The number of hydrogen-bond acceptors (Lipinski definition) is 4. The molecule has 6 rings (SSSR count). The number of amides is 2. The van der Waals surface area contributed by atoms with Gasteiger partial charge in [-0.3, -0.25) is 9.59 Å². The molecular formula is C38H48N6O2. The summed E-state index contributed by atoms with van der Waals surface area (Å²) in [4.78, 5) is 41.8. The minimum Gasteiger partial charge on any atom is -0.352 e. The SMILES string of the molecule is CC(C)(C)C(=O)NC1CCCC1c1ncc(-c2ccc(-c3ccc(-c4cnc(C5CCCC5NC(=O)C(C)(C)C)[nH]4)cc3)cc2)[nH]1. The van der Waals surface area contributed by atoms with Crippen LogP contribution in [0, 0.1) is 10.8 Å². The maximum Gasteiger partial charge on any atom is 0.225 e. The van der Waals surface area contributed by atoms with Crippen molar-refractivity contribution >= 4 is 11.8 Å². The number of benzene rings is 2. The number of aromatic amines is 2. The summed E-state index contributed by atoms with van der Waals surface area (Å²) < 4.78 is 0. The Labute approximate surface area is 272 Å². The van der Waals surface area contributed by atoms with Crippen molar-refractivity contribution in [2.75, 3.05) is 0 Å². The Bertz CT molecular complexity index is 1540. The quantitative estimate of drug-likeness (QED) is 0.169. The van der Waals surface area contributed by atoms with Crippen LogP contribution in [0.2, 0.25) is 0 Å². The van der Waals surface area contributed by atoms with E-state index in [1.165, 1.54) is 0 Å². The Hall–Kier alpha value is -4.20. The van der Waals surface area contributed by atoms with E-state index in [1.807, 2.05) is 53.9 Å². The molecule has 4 aromatic rings. The lowest BCUT2D eigenvalue weighted by atomic mass is 9.94. The molecular weight excluding hydrogens is 572 g/mol. The zero-order chi connectivity index (χ0) is 32.6. The molecule has 2 saturated carbocycles. The molecule has 4 unspecified atom stereocenters. The number of imidazole rings is 2. The third kappa shape index (κ3) is 6.81. The Morgan fingerprint density at radius 3 is 1.28 bits per heavy atom. The van der Waals surface area contributed by atoms with Gasteiger partial charge in [0.15, 0.2) is 0 Å². The van der Waals surface area contributed by atoms with Gasteiger partial charge in [-0.1, -0.05) is 103 Å². The first-order valence-electron chi connectivity index (χ1n) is 16.8. The number of nitrogens with zero attached hydrogens (tertiary/aromatic N) is 2. The lowest BCUT2D eigenvalue weighted by molar-refractivity contribution is -0.130. The summed E-state index contributed by atoms with van der Waals surface area (Å²) in [5.41, 5.74) is 5.62. The summed E-state index contributed by atoms with van der Waals surface area (Å²) >= 11 is 0. The van der Waals surface area contributed by atoms with Gasteiger partial charge in [-0.25, -0.2) is 9.97 Å². The maximum atomic E-state index is 12.6. The van der Waals surface area contributed by atoms with Crippen molar-refractivity contribution in [1.29, 1.82) is 0 Å². The Morgan fingerprint density at radius 1 is 0.587 bits per heavy atom. The number of carbonyl (C=O) groups excluding carboxylic acids is 2. The maximum absolute atomic E-state index is 12.6. The van der Waals surface area contributed by atoms with Gasteiger partial charge in [0.25, 0.3) is 0 Å². The predicted molar refractivity (Wildman–Crippen MR) is 183 cm³/mol. The lowest BCUT2D eigenvalue weighted by Crippen LogP contribution is -2.42. The molecule has 0 bridgehead atoms. The highest BCUT2D eigenvalue weighted by Crippen LogP contribution is 2.37. The highest BCUT2D eigenvalue weighted by Gasteiger charge is 2.35. The van der Waals surface area contributed by atoms with Crippen molar-refractivity contribution < 1.29 is 9.59 Å². The molecule has 8 nitrogen and oxygen atoms in total. The first kappa shape index (κ1) is 31.8. The lowest BCUT2D eigenvalue weighted by Gasteiger charge is -2.24. The van der Waals surface area contributed by atoms with E-state index < -0.39 is 10.8 Å². The molecule has 242 valence electrons. The van der Waals surface area contributed by atoms with Crippen molar-refractivity contribution in [3.8, 4) is 33.6 Å². The molecule has 8 heteroatoms. The van der Waals surface area contributed by atoms with E-state index in [9.17, 15) is 9.59 Å². The normalized spacial score (nSPS) is 21.8. The average molecular weight is 621 g/mol. The van der Waals surface area contributed by atoms with E-state index in [-0.39, 0.29) is 35.7 Å². The van der Waals surface area contributed by atoms with Crippen LogP contribution in [0.25, 0.3) is 33.6 Å². The van der Waals surface area contributed by atoms with Gasteiger partial charge in [-0.05, 0) is 47.9 Å². The van der Waals surface area contributed by atoms with Crippen molar-refractivity contribution in [3.05, 3.63) is 72.6 Å². The fraction of sp³-hybridized carbons (Fsp3) is 0.474. The van der Waals surface area contributed by atoms with Crippen molar-refractivity contribution in [3.63, 3.8) is 0 Å². The van der Waals surface area contributed by atoms with Crippen molar-refractivity contribution in [2.45, 2.75) is 104 Å². The molecule has 2 aliphatic rings. The number of H-pyrrole nitrogens is 2. The first-order valence-corrected chi connectivity index (χ1v) is 16.8. The zero-order valence-electron chi connectivity index (χ0n) is 28.0. The molecule has 0 aliphatic heterocycles. The molecule has 0 spiro atoms. The van der Waals surface area contributed by atoms with Crippen LogP contribution < -0.4 is 10.6 Å². The van der Waals surface area contributed by atoms with Crippen LogP contribution in [0.15, 0.2) is 60.9 Å². The van der Waals surface area contributed by atoms with Crippen LogP contribution in [0.1, 0.15) is 104 Å². The molecule has 0 saturated heterocycles. The third-order valence-corrected chi connectivity index (χ3v) is 9.65. The molecule has 2 aliphatic carbocycles. The van der Waals surface area contributed by atoms with Crippen molar-refractivity contribution in [1.82, 2.24) is 30.6 Å². The summed E-state index contributed by atoms with van der Waals surface area (Å²) in [6, 6.07) is 17.3. The minimum atomic E-state index is -0.404. The topological polar surface area (TPSA) is 116 Å². The zero-order valence-corrected chi connectivity index (χ0v) is 28.0. The third-order valence-electron chi connectivity index (χ3n) is 9.65. The van der Waals surface area contributed by atoms with E-state index in [0.29, 0.717) is 0 Å². The molecule has 46 heavy (non-hydrogen) atoms. The molecule has 2 fully saturated rings. The fourth-order valence-corrected chi connectivity index (χ4v) is 6.72. The van der Waals surface area contributed by atoms with Gasteiger partial charge in [-0.2, -0.15) is 0 Å². The molecule has 2 aromatic carbocycles. The molecule has 0 radical (unpaired) electrons. The predicted octanol–water partition coefficient (Wildman–Crippen LogP) is 7.73. The van der Waals surface area contributed by atoms with Gasteiger partial charge in [-0.15, -0.1) is 0 Å². The minimum absolute atomic E-state index is 0.0923. The summed E-state index contributed by atoms with van der Waals surface area (Å²) in [6.07, 6.45) is 10.00. The standard InChI is InChI=1S/C38H48N6O2/c1-37(2,3)35(45)43-29-11-7-9-27(29)33-39-21-31(41-33)25-17-13-23(14-18-25)24-15-19-26(20-16-24)32-22-40-34(42-32)28-10-8-12-30(28)44-36(46)38(4,5)6/h13-22,27-30H,7-12H2,1-6H3,(H,39,41)(H,40,42)(H,43,45)(H,44,46). The van der Waals surface area contributed by atoms with Gasteiger partial charge >= 0.3 is 0 Å². The van der Waals surface area contributed by atoms with Gasteiger partial charge in [0.1, 0.15) is 11.6 Å². The number of hydrogen-bond donors (Lipinski definition) is 4. The average Bonchev–Trinajstić information content (AvgIpc) is 3.83. The number of rotatable bonds is 7. The Kier molecular flexibility index (Phi) is 8.66. The summed E-state index contributed by atoms with van der Waals surface area (Å²) in [6.45, 7) is 11.7. The Morgan fingerprint density at radius 2 is 0.935 bits per heavy atom. The van der Waals surface area contributed by atoms with Crippen LogP contribution in [-0.2, 0) is 9.59 Å². The second kappa shape index (κ2) is 12.5. The molecule has 2 amide bonds. The van der Waals surface area contributed by atoms with Crippen LogP contribution in [0.3, 0.4) is 0 Å². The van der Waals surface area contributed by atoms with Crippen molar-refractivity contribution in [2.24, 2.45) is 10.8 Å². The van der Waals surface area contributed by atoms with Crippen LogP contribution in [-0.4, -0.2) is 43.8 Å². The molecule has 2 heterocycles. The summed E-state index contributed by atoms with van der Waals surface area (Å²) in [7, 11) is 0. The largest absolute Gasteiger partial charge is 0.352 e. The molecule has 4 N–H and O–H groups in total. The van der Waals surface area contributed by atoms with Gasteiger partial charge in [0, 0.05) is 34.7 Å². The Balaban J connectivity index is 1.10.